The molecule has 172 valence electrons. The zero-order valence-corrected chi connectivity index (χ0v) is 21.1. The van der Waals surface area contributed by atoms with Gasteiger partial charge in [0, 0.05) is 33.6 Å². The molecule has 1 aliphatic carbocycles. The number of benzene rings is 3. The Morgan fingerprint density at radius 3 is 2.35 bits per heavy atom. The zero-order valence-electron chi connectivity index (χ0n) is 17.3. The Morgan fingerprint density at radius 2 is 1.68 bits per heavy atom. The number of anilines is 1. The van der Waals surface area contributed by atoms with Crippen molar-refractivity contribution in [2.45, 2.75) is 16.7 Å². The molecule has 34 heavy (non-hydrogen) atoms. The maximum Gasteiger partial charge on any atom is 0.231 e. The molecule has 2 atom stereocenters. The highest BCUT2D eigenvalue weighted by Crippen LogP contribution is 2.65. The summed E-state index contributed by atoms with van der Waals surface area (Å²) < 4.78 is -1.32. The minimum atomic E-state index is -1.32. The van der Waals surface area contributed by atoms with Crippen molar-refractivity contribution in [1.82, 2.24) is 0 Å². The highest BCUT2D eigenvalue weighted by molar-refractivity contribution is 6.53. The number of ketones is 1. The third-order valence-electron chi connectivity index (χ3n) is 5.54. The normalized spacial score (nSPS) is 18.1. The molecule has 4 rings (SSSR count). The van der Waals surface area contributed by atoms with Crippen LogP contribution in [0.2, 0.25) is 15.1 Å². The van der Waals surface area contributed by atoms with Crippen molar-refractivity contribution in [3.63, 3.8) is 0 Å². The first-order valence-electron chi connectivity index (χ1n) is 10.1. The lowest BCUT2D eigenvalue weighted by atomic mass is 10.0. The smallest absolute Gasteiger partial charge is 0.231 e. The number of rotatable bonds is 6. The minimum Gasteiger partial charge on any atom is -0.326 e. The number of Topliss-reactive ketones (excluding diaryl/α,β-unsaturated/α-hetero) is 1. The third-order valence-corrected chi connectivity index (χ3v) is 7.24. The van der Waals surface area contributed by atoms with Gasteiger partial charge in [0.05, 0.1) is 22.6 Å². The van der Waals surface area contributed by atoms with Gasteiger partial charge in [-0.15, -0.1) is 23.2 Å². The van der Waals surface area contributed by atoms with E-state index in [2.05, 4.69) is 5.32 Å². The second kappa shape index (κ2) is 9.77. The van der Waals surface area contributed by atoms with Gasteiger partial charge in [-0.2, -0.15) is 5.26 Å². The number of hydrogen-bond donors (Lipinski definition) is 1. The number of alkyl halides is 2. The van der Waals surface area contributed by atoms with Crippen LogP contribution >= 0.6 is 58.0 Å². The summed E-state index contributed by atoms with van der Waals surface area (Å²) in [7, 11) is 0. The van der Waals surface area contributed by atoms with Crippen LogP contribution in [0.25, 0.3) is 0 Å². The molecule has 9 heteroatoms. The summed E-state index contributed by atoms with van der Waals surface area (Å²) in [6, 6.07) is 18.4. The standard InChI is InChI=1S/C25H15Cl5N2O2/c26-16-8-15(9-17(27)10-16)22-23(25(22,29)30)24(34)32-18-4-5-20(28)19(11-18)21(33)7-13-2-1-3-14(6-13)12-31/h1-6,8-11,22-23H,7H2,(H,32,34). The Kier molecular flexibility index (Phi) is 7.14. The van der Waals surface area contributed by atoms with E-state index in [1.807, 2.05) is 6.07 Å². The summed E-state index contributed by atoms with van der Waals surface area (Å²) in [6.45, 7) is 0. The van der Waals surface area contributed by atoms with Gasteiger partial charge in [-0.1, -0.05) is 46.9 Å². The Balaban J connectivity index is 1.51. The topological polar surface area (TPSA) is 70.0 Å². The second-order valence-corrected chi connectivity index (χ2v) is 10.7. The molecule has 0 bridgehead atoms. The van der Waals surface area contributed by atoms with E-state index in [0.29, 0.717) is 32.4 Å². The van der Waals surface area contributed by atoms with E-state index in [0.717, 1.165) is 0 Å². The van der Waals surface area contributed by atoms with E-state index < -0.39 is 22.1 Å². The molecule has 3 aromatic rings. The highest BCUT2D eigenvalue weighted by Gasteiger charge is 2.67. The number of hydrogen-bond acceptors (Lipinski definition) is 3. The van der Waals surface area contributed by atoms with Gasteiger partial charge in [0.25, 0.3) is 0 Å². The summed E-state index contributed by atoms with van der Waals surface area (Å²) in [4.78, 5) is 25.9. The Bertz CT molecular complexity index is 1330. The lowest BCUT2D eigenvalue weighted by Gasteiger charge is -2.09. The van der Waals surface area contributed by atoms with Crippen LogP contribution in [0.3, 0.4) is 0 Å². The van der Waals surface area contributed by atoms with E-state index in [-0.39, 0.29) is 22.8 Å². The summed E-state index contributed by atoms with van der Waals surface area (Å²) in [5.41, 5.74) is 2.43. The molecule has 1 N–H and O–H groups in total. The second-order valence-electron chi connectivity index (χ2n) is 7.93. The van der Waals surface area contributed by atoms with Gasteiger partial charge < -0.3 is 5.32 Å². The molecule has 2 unspecified atom stereocenters. The van der Waals surface area contributed by atoms with Gasteiger partial charge in [-0.05, 0) is 59.7 Å². The number of halogens is 5. The first kappa shape index (κ1) is 24.9. The van der Waals surface area contributed by atoms with E-state index in [1.165, 1.54) is 12.1 Å². The maximum absolute atomic E-state index is 13.0. The van der Waals surface area contributed by atoms with Crippen LogP contribution < -0.4 is 5.32 Å². The first-order valence-corrected chi connectivity index (χ1v) is 12.0. The first-order chi connectivity index (χ1) is 16.1. The van der Waals surface area contributed by atoms with Crippen molar-refractivity contribution in [3.05, 3.63) is 98.0 Å². The van der Waals surface area contributed by atoms with Gasteiger partial charge in [-0.25, -0.2) is 0 Å². The minimum absolute atomic E-state index is 0.0549. The predicted molar refractivity (Wildman–Crippen MR) is 136 cm³/mol. The Labute approximate surface area is 221 Å². The van der Waals surface area contributed by atoms with E-state index >= 15 is 0 Å². The molecule has 0 spiro atoms. The average molecular weight is 553 g/mol. The Morgan fingerprint density at radius 1 is 0.971 bits per heavy atom. The van der Waals surface area contributed by atoms with Crippen LogP contribution in [-0.4, -0.2) is 16.0 Å². The van der Waals surface area contributed by atoms with Gasteiger partial charge in [-0.3, -0.25) is 9.59 Å². The number of nitrogens with zero attached hydrogens (tertiary/aromatic N) is 1. The van der Waals surface area contributed by atoms with Gasteiger partial charge >= 0.3 is 0 Å². The fraction of sp³-hybridized carbons (Fsp3) is 0.160. The van der Waals surface area contributed by atoms with Crippen LogP contribution in [-0.2, 0) is 11.2 Å². The van der Waals surface area contributed by atoms with Crippen LogP contribution in [0, 0.1) is 17.2 Å². The quantitative estimate of drug-likeness (QED) is 0.255. The fourth-order valence-electron chi connectivity index (χ4n) is 3.89. The average Bonchev–Trinajstić information content (AvgIpc) is 3.36. The van der Waals surface area contributed by atoms with Crippen molar-refractivity contribution in [2.75, 3.05) is 5.32 Å². The van der Waals surface area contributed by atoms with Crippen LogP contribution in [0.4, 0.5) is 5.69 Å². The van der Waals surface area contributed by atoms with E-state index in [1.54, 1.807) is 48.5 Å². The van der Waals surface area contributed by atoms with Crippen LogP contribution in [0.5, 0.6) is 0 Å². The molecular weight excluding hydrogens is 538 g/mol. The molecule has 0 aromatic heterocycles. The fourth-order valence-corrected chi connectivity index (χ4v) is 5.48. The molecule has 0 radical (unpaired) electrons. The number of nitrogens with one attached hydrogen (secondary N) is 1. The van der Waals surface area contributed by atoms with Crippen molar-refractivity contribution in [1.29, 1.82) is 5.26 Å². The molecule has 1 amide bonds. The largest absolute Gasteiger partial charge is 0.326 e. The molecule has 0 saturated heterocycles. The highest BCUT2D eigenvalue weighted by atomic mass is 35.5. The van der Waals surface area contributed by atoms with Crippen molar-refractivity contribution >= 4 is 75.4 Å². The van der Waals surface area contributed by atoms with Crippen LogP contribution in [0.15, 0.2) is 60.7 Å². The predicted octanol–water partition coefficient (Wildman–Crippen LogP) is 7.47. The van der Waals surface area contributed by atoms with E-state index in [9.17, 15) is 9.59 Å². The molecule has 0 heterocycles. The number of carbonyl (C=O) groups is 2. The van der Waals surface area contributed by atoms with Gasteiger partial charge in [0.15, 0.2) is 5.78 Å². The summed E-state index contributed by atoms with van der Waals surface area (Å²) in [6.07, 6.45) is 0.0549. The van der Waals surface area contributed by atoms with Crippen molar-refractivity contribution in [2.24, 2.45) is 5.92 Å². The maximum atomic E-state index is 13.0. The third kappa shape index (κ3) is 5.20. The lowest BCUT2D eigenvalue weighted by Crippen LogP contribution is -2.17. The van der Waals surface area contributed by atoms with E-state index in [4.69, 9.17) is 63.3 Å². The van der Waals surface area contributed by atoms with Crippen LogP contribution in [0.1, 0.15) is 33.0 Å². The van der Waals surface area contributed by atoms with Gasteiger partial charge in [0.2, 0.25) is 5.91 Å². The number of carbonyl (C=O) groups excluding carboxylic acids is 2. The van der Waals surface area contributed by atoms with Crippen molar-refractivity contribution in [3.8, 4) is 6.07 Å². The van der Waals surface area contributed by atoms with Gasteiger partial charge in [0.1, 0.15) is 4.33 Å². The van der Waals surface area contributed by atoms with Crippen molar-refractivity contribution < 1.29 is 9.59 Å². The number of nitriles is 1. The summed E-state index contributed by atoms with van der Waals surface area (Å²) >= 11 is 31.2. The molecular formula is C25H15Cl5N2O2. The number of amides is 1. The monoisotopic (exact) mass is 550 g/mol. The molecule has 1 saturated carbocycles. The SMILES string of the molecule is N#Cc1cccc(CC(=O)c2cc(NC(=O)C3C(c4cc(Cl)cc(Cl)c4)C3(Cl)Cl)ccc2Cl)c1. The summed E-state index contributed by atoms with van der Waals surface area (Å²) in [5.74, 6) is -1.90. The molecule has 1 fully saturated rings. The molecule has 1 aliphatic rings. The lowest BCUT2D eigenvalue weighted by molar-refractivity contribution is -0.117. The zero-order chi connectivity index (χ0) is 24.6. The Hall–Kier alpha value is -2.26. The molecule has 4 nitrogen and oxygen atoms in total. The molecule has 3 aromatic carbocycles. The summed E-state index contributed by atoms with van der Waals surface area (Å²) in [5, 5.41) is 12.9. The molecule has 0 aliphatic heterocycles.